The molecule has 2 unspecified atom stereocenters. The molecule has 8 heteroatoms. The Morgan fingerprint density at radius 2 is 2.24 bits per heavy atom. The van der Waals surface area contributed by atoms with E-state index in [1.54, 1.807) is 11.0 Å². The lowest BCUT2D eigenvalue weighted by molar-refractivity contribution is 0.178. The van der Waals surface area contributed by atoms with Gasteiger partial charge in [-0.05, 0) is 43.0 Å². The second-order valence-electron chi connectivity index (χ2n) is 6.10. The predicted molar refractivity (Wildman–Crippen MR) is 88.5 cm³/mol. The summed E-state index contributed by atoms with van der Waals surface area (Å²) in [6, 6.07) is 6.21. The first-order chi connectivity index (χ1) is 12.1. The van der Waals surface area contributed by atoms with Crippen LogP contribution in [0.4, 0.5) is 15.0 Å². The van der Waals surface area contributed by atoms with Crippen molar-refractivity contribution >= 4 is 23.4 Å². The number of nitrogens with zero attached hydrogens (tertiary/aromatic N) is 4. The van der Waals surface area contributed by atoms with Gasteiger partial charge in [-0.3, -0.25) is 5.32 Å². The highest BCUT2D eigenvalue weighted by atomic mass is 35.5. The van der Waals surface area contributed by atoms with Crippen LogP contribution in [0.1, 0.15) is 35.6 Å². The molecule has 2 amide bonds. The van der Waals surface area contributed by atoms with E-state index in [1.807, 2.05) is 6.07 Å². The summed E-state index contributed by atoms with van der Waals surface area (Å²) in [6.45, 7) is 0. The fourth-order valence-electron chi connectivity index (χ4n) is 3.69. The van der Waals surface area contributed by atoms with Gasteiger partial charge in [0.05, 0.1) is 11.6 Å². The maximum Gasteiger partial charge on any atom is 0.323 e. The molecular formula is C17H13ClFN5O. The minimum atomic E-state index is -0.449. The molecule has 25 heavy (non-hydrogen) atoms. The fourth-order valence-corrected chi connectivity index (χ4v) is 3.88. The van der Waals surface area contributed by atoms with Crippen molar-refractivity contribution in [3.63, 3.8) is 0 Å². The molecule has 4 heterocycles. The average molecular weight is 358 g/mol. The second kappa shape index (κ2) is 5.97. The van der Waals surface area contributed by atoms with Crippen LogP contribution in [0.2, 0.25) is 5.15 Å². The first-order valence-electron chi connectivity index (χ1n) is 7.87. The Morgan fingerprint density at radius 1 is 1.40 bits per heavy atom. The number of carbonyl (C=O) groups excluding carboxylic acids is 1. The molecule has 2 bridgehead atoms. The largest absolute Gasteiger partial charge is 0.323 e. The highest BCUT2D eigenvalue weighted by Gasteiger charge is 2.43. The molecule has 6 nitrogen and oxygen atoms in total. The zero-order valence-corrected chi connectivity index (χ0v) is 13.8. The lowest BCUT2D eigenvalue weighted by atomic mass is 9.95. The Labute approximate surface area is 148 Å². The highest BCUT2D eigenvalue weighted by Crippen LogP contribution is 2.44. The third kappa shape index (κ3) is 2.59. The van der Waals surface area contributed by atoms with Gasteiger partial charge in [-0.15, -0.1) is 0 Å². The Kier molecular flexibility index (Phi) is 3.77. The molecule has 1 fully saturated rings. The van der Waals surface area contributed by atoms with Gasteiger partial charge < -0.3 is 4.90 Å². The number of carbonyl (C=O) groups is 1. The number of hydrogen-bond donors (Lipinski definition) is 1. The van der Waals surface area contributed by atoms with Gasteiger partial charge in [-0.1, -0.05) is 11.6 Å². The van der Waals surface area contributed by atoms with E-state index in [0.717, 1.165) is 18.4 Å². The number of urea groups is 1. The third-order valence-corrected chi connectivity index (χ3v) is 5.07. The molecule has 0 aromatic carbocycles. The van der Waals surface area contributed by atoms with E-state index in [4.69, 9.17) is 16.9 Å². The van der Waals surface area contributed by atoms with Crippen LogP contribution < -0.4 is 5.32 Å². The third-order valence-electron chi connectivity index (χ3n) is 4.78. The average Bonchev–Trinajstić information content (AvgIpc) is 2.91. The number of aromatic nitrogens is 2. The number of halogens is 2. The van der Waals surface area contributed by atoms with Gasteiger partial charge in [0.1, 0.15) is 17.0 Å². The van der Waals surface area contributed by atoms with Crippen molar-refractivity contribution in [2.75, 3.05) is 5.32 Å². The summed E-state index contributed by atoms with van der Waals surface area (Å²) in [5.41, 5.74) is 1.68. The van der Waals surface area contributed by atoms with Crippen molar-refractivity contribution in [3.8, 4) is 6.07 Å². The maximum atomic E-state index is 14.0. The molecule has 2 aliphatic rings. The van der Waals surface area contributed by atoms with Crippen molar-refractivity contribution < 1.29 is 9.18 Å². The number of rotatable bonds is 1. The summed E-state index contributed by atoms with van der Waals surface area (Å²) >= 11 is 5.91. The summed E-state index contributed by atoms with van der Waals surface area (Å²) in [4.78, 5) is 22.2. The Hall–Kier alpha value is -2.72. The molecule has 2 atom stereocenters. The summed E-state index contributed by atoms with van der Waals surface area (Å²) < 4.78 is 14.0. The summed E-state index contributed by atoms with van der Waals surface area (Å²) in [5, 5.41) is 11.6. The second-order valence-corrected chi connectivity index (χ2v) is 6.46. The van der Waals surface area contributed by atoms with Crippen LogP contribution in [0.5, 0.6) is 0 Å². The van der Waals surface area contributed by atoms with Crippen molar-refractivity contribution in [3.05, 3.63) is 52.2 Å². The fraction of sp³-hybridized carbons (Fsp3) is 0.294. The smallest absolute Gasteiger partial charge is 0.314 e. The Morgan fingerprint density at radius 3 is 3.00 bits per heavy atom. The number of nitriles is 1. The number of fused-ring (bicyclic) bond motifs is 4. The monoisotopic (exact) mass is 357 g/mol. The predicted octanol–water partition coefficient (Wildman–Crippen LogP) is 3.43. The molecule has 0 spiro atoms. The van der Waals surface area contributed by atoms with Crippen molar-refractivity contribution in [2.45, 2.75) is 31.3 Å². The van der Waals surface area contributed by atoms with E-state index in [1.165, 1.54) is 18.3 Å². The van der Waals surface area contributed by atoms with Crippen molar-refractivity contribution in [1.82, 2.24) is 14.9 Å². The minimum absolute atomic E-state index is 0.0420. The zero-order chi connectivity index (χ0) is 17.6. The van der Waals surface area contributed by atoms with E-state index in [9.17, 15) is 9.18 Å². The first kappa shape index (κ1) is 15.8. The lowest BCUT2D eigenvalue weighted by Crippen LogP contribution is -2.44. The van der Waals surface area contributed by atoms with Crippen molar-refractivity contribution in [2.24, 2.45) is 0 Å². The van der Waals surface area contributed by atoms with Gasteiger partial charge in [0.25, 0.3) is 0 Å². The van der Waals surface area contributed by atoms with Gasteiger partial charge in [0.15, 0.2) is 0 Å². The Balaban J connectivity index is 1.60. The molecule has 1 saturated heterocycles. The molecule has 0 saturated carbocycles. The number of nitrogens with one attached hydrogen (secondary N) is 1. The van der Waals surface area contributed by atoms with Crippen LogP contribution in [0.3, 0.4) is 0 Å². The van der Waals surface area contributed by atoms with Crippen LogP contribution in [-0.2, 0) is 6.42 Å². The van der Waals surface area contributed by atoms with Crippen LogP contribution in [-0.4, -0.2) is 26.9 Å². The van der Waals surface area contributed by atoms with Gasteiger partial charge in [0.2, 0.25) is 5.95 Å². The number of anilines is 1. The topological polar surface area (TPSA) is 81.9 Å². The quantitative estimate of drug-likeness (QED) is 0.793. The maximum absolute atomic E-state index is 14.0. The van der Waals surface area contributed by atoms with Crippen LogP contribution in [0, 0.1) is 17.3 Å². The van der Waals surface area contributed by atoms with Gasteiger partial charge >= 0.3 is 6.03 Å². The van der Waals surface area contributed by atoms with Gasteiger partial charge in [-0.2, -0.15) is 9.65 Å². The molecule has 2 aromatic heterocycles. The minimum Gasteiger partial charge on any atom is -0.314 e. The molecule has 4 rings (SSSR count). The van der Waals surface area contributed by atoms with Gasteiger partial charge in [0, 0.05) is 17.8 Å². The molecule has 126 valence electrons. The molecule has 2 aliphatic heterocycles. The number of pyridine rings is 2. The Bertz CT molecular complexity index is 912. The van der Waals surface area contributed by atoms with Crippen LogP contribution >= 0.6 is 11.6 Å². The normalized spacial score (nSPS) is 20.8. The highest BCUT2D eigenvalue weighted by molar-refractivity contribution is 6.30. The number of amides is 2. The van der Waals surface area contributed by atoms with Crippen LogP contribution in [0.15, 0.2) is 24.4 Å². The molecular weight excluding hydrogens is 345 g/mol. The van der Waals surface area contributed by atoms with Crippen LogP contribution in [0.25, 0.3) is 0 Å². The first-order valence-corrected chi connectivity index (χ1v) is 8.25. The number of hydrogen-bond acceptors (Lipinski definition) is 4. The van der Waals surface area contributed by atoms with E-state index < -0.39 is 5.95 Å². The summed E-state index contributed by atoms with van der Waals surface area (Å²) in [7, 11) is 0. The van der Waals surface area contributed by atoms with E-state index in [0.29, 0.717) is 12.0 Å². The van der Waals surface area contributed by atoms with E-state index >= 15 is 0 Å². The van der Waals surface area contributed by atoms with E-state index in [-0.39, 0.29) is 34.6 Å². The summed E-state index contributed by atoms with van der Waals surface area (Å²) in [5.74, 6) is -0.171. The lowest BCUT2D eigenvalue weighted by Gasteiger charge is -2.36. The molecule has 1 N–H and O–H groups in total. The van der Waals surface area contributed by atoms with Crippen molar-refractivity contribution in [1.29, 1.82) is 5.26 Å². The molecule has 0 aliphatic carbocycles. The molecule has 2 aromatic rings. The SMILES string of the molecule is N#Cc1ccc(NC(=O)N2C3CCC2c2ccnc(F)c2C3)nc1Cl. The standard InChI is InChI=1S/C17H13ClFN5O/c18-15-9(8-20)1-4-14(22-15)23-17(25)24-10-2-3-13(24)11-5-6-21-16(19)12(11)7-10/h1,4-6,10,13H,2-3,7H2,(H,22,23,25). The zero-order valence-electron chi connectivity index (χ0n) is 13.0. The van der Waals surface area contributed by atoms with E-state index in [2.05, 4.69) is 15.3 Å². The van der Waals surface area contributed by atoms with Gasteiger partial charge in [-0.25, -0.2) is 14.8 Å². The summed E-state index contributed by atoms with van der Waals surface area (Å²) in [6.07, 6.45) is 3.50. The molecule has 0 radical (unpaired) electrons.